The molecule has 1 N–H and O–H groups in total. The molecule has 2 fully saturated rings. The number of hydrogen-bond acceptors (Lipinski definition) is 5. The number of anilines is 1. The third kappa shape index (κ3) is 4.11. The number of carbonyl (C=O) groups excluding carboxylic acids is 1. The molecule has 31 heavy (non-hydrogen) atoms. The molecular formula is C22H28N4O4S. The molecule has 1 aromatic carbocycles. The van der Waals surface area contributed by atoms with Crippen LogP contribution in [0, 0.1) is 6.92 Å². The number of hydrogen-bond donors (Lipinski definition) is 1. The van der Waals surface area contributed by atoms with Gasteiger partial charge in [0.1, 0.15) is 5.82 Å². The minimum absolute atomic E-state index is 0.130. The lowest BCUT2D eigenvalue weighted by molar-refractivity contribution is 0.0729. The summed E-state index contributed by atoms with van der Waals surface area (Å²) in [5.41, 5.74) is 2.17. The van der Waals surface area contributed by atoms with Gasteiger partial charge in [0.25, 0.3) is 11.5 Å². The molecule has 0 aliphatic carbocycles. The zero-order valence-electron chi connectivity index (χ0n) is 17.9. The summed E-state index contributed by atoms with van der Waals surface area (Å²) >= 11 is 0. The summed E-state index contributed by atoms with van der Waals surface area (Å²) in [6, 6.07) is 6.51. The fourth-order valence-electron chi connectivity index (χ4n) is 4.54. The van der Waals surface area contributed by atoms with Gasteiger partial charge in [0, 0.05) is 29.9 Å². The van der Waals surface area contributed by atoms with Crippen molar-refractivity contribution in [1.82, 2.24) is 14.9 Å². The summed E-state index contributed by atoms with van der Waals surface area (Å²) in [7, 11) is -3.35. The predicted octanol–water partition coefficient (Wildman–Crippen LogP) is 2.55. The molecular weight excluding hydrogens is 416 g/mol. The first-order valence-corrected chi connectivity index (χ1v) is 12.4. The van der Waals surface area contributed by atoms with Crippen LogP contribution >= 0.6 is 0 Å². The van der Waals surface area contributed by atoms with E-state index in [0.717, 1.165) is 19.3 Å². The molecule has 0 spiro atoms. The maximum absolute atomic E-state index is 13.4. The molecule has 166 valence electrons. The molecule has 2 aromatic rings. The van der Waals surface area contributed by atoms with Crippen LogP contribution in [0.5, 0.6) is 0 Å². The highest BCUT2D eigenvalue weighted by Gasteiger charge is 2.33. The number of carbonyl (C=O) groups is 1. The second-order valence-electron chi connectivity index (χ2n) is 8.17. The molecule has 2 aliphatic rings. The molecule has 8 nitrogen and oxygen atoms in total. The van der Waals surface area contributed by atoms with Gasteiger partial charge in [0.2, 0.25) is 10.0 Å². The summed E-state index contributed by atoms with van der Waals surface area (Å²) < 4.78 is 26.3. The molecule has 3 heterocycles. The van der Waals surface area contributed by atoms with Gasteiger partial charge in [-0.2, -0.15) is 0 Å². The van der Waals surface area contributed by atoms with Gasteiger partial charge in [-0.1, -0.05) is 13.0 Å². The Morgan fingerprint density at radius 1 is 1.23 bits per heavy atom. The fraction of sp³-hybridized carbons (Fsp3) is 0.500. The number of nitrogens with one attached hydrogen (secondary N) is 1. The number of nitrogens with zero attached hydrogens (tertiary/aromatic N) is 3. The number of benzene rings is 1. The number of aromatic nitrogens is 2. The van der Waals surface area contributed by atoms with E-state index in [-0.39, 0.29) is 23.3 Å². The molecule has 1 atom stereocenters. The van der Waals surface area contributed by atoms with E-state index in [0.29, 0.717) is 54.3 Å². The van der Waals surface area contributed by atoms with E-state index in [4.69, 9.17) is 0 Å². The Hall–Kier alpha value is -2.68. The van der Waals surface area contributed by atoms with E-state index in [9.17, 15) is 18.0 Å². The van der Waals surface area contributed by atoms with E-state index < -0.39 is 10.0 Å². The Bertz CT molecular complexity index is 1160. The number of sulfonamides is 1. The number of aryl methyl sites for hydroxylation is 1. The highest BCUT2D eigenvalue weighted by atomic mass is 32.2. The van der Waals surface area contributed by atoms with E-state index in [1.165, 1.54) is 4.31 Å². The first-order valence-electron chi connectivity index (χ1n) is 10.8. The summed E-state index contributed by atoms with van der Waals surface area (Å²) in [6.07, 6.45) is 3.61. The predicted molar refractivity (Wildman–Crippen MR) is 119 cm³/mol. The molecule has 0 unspecified atom stereocenters. The molecule has 9 heteroatoms. The van der Waals surface area contributed by atoms with Crippen LogP contribution in [0.1, 0.15) is 66.1 Å². The van der Waals surface area contributed by atoms with Crippen LogP contribution in [0.25, 0.3) is 0 Å². The van der Waals surface area contributed by atoms with Crippen LogP contribution in [-0.2, 0) is 16.4 Å². The van der Waals surface area contributed by atoms with Crippen molar-refractivity contribution >= 4 is 21.6 Å². The highest BCUT2D eigenvalue weighted by Crippen LogP contribution is 2.32. The van der Waals surface area contributed by atoms with Crippen LogP contribution < -0.4 is 9.86 Å². The topological polar surface area (TPSA) is 103 Å². The van der Waals surface area contributed by atoms with Gasteiger partial charge in [0.15, 0.2) is 0 Å². The normalized spacial score (nSPS) is 20.8. The van der Waals surface area contributed by atoms with Crippen molar-refractivity contribution in [1.29, 1.82) is 0 Å². The Balaban J connectivity index is 1.63. The maximum atomic E-state index is 13.4. The van der Waals surface area contributed by atoms with Gasteiger partial charge in [-0.25, -0.2) is 13.4 Å². The first kappa shape index (κ1) is 21.5. The summed E-state index contributed by atoms with van der Waals surface area (Å²) in [5.74, 6) is 0.463. The Kier molecular flexibility index (Phi) is 5.88. The van der Waals surface area contributed by atoms with Crippen LogP contribution in [0.2, 0.25) is 0 Å². The van der Waals surface area contributed by atoms with Crippen LogP contribution in [0.15, 0.2) is 29.1 Å². The second-order valence-corrected chi connectivity index (χ2v) is 10.2. The van der Waals surface area contributed by atoms with E-state index >= 15 is 0 Å². The monoisotopic (exact) mass is 444 g/mol. The number of rotatable bonds is 4. The fourth-order valence-corrected chi connectivity index (χ4v) is 6.17. The summed E-state index contributed by atoms with van der Waals surface area (Å²) in [5, 5.41) is 0. The highest BCUT2D eigenvalue weighted by molar-refractivity contribution is 7.92. The minimum atomic E-state index is -3.35. The standard InChI is InChI=1S/C22H28N4O4S/c1-3-18-15(2)23-20(24-21(18)27)19-10-7-11-25(19)22(28)16-8-6-9-17(14-16)26-12-4-5-13-31(26,29)30/h6,8-9,14,19H,3-5,7,10-13H2,1-2H3,(H,23,24,27)/t19-/m0/s1. The molecule has 2 aliphatic heterocycles. The molecule has 4 rings (SSSR count). The lowest BCUT2D eigenvalue weighted by Gasteiger charge is -2.29. The molecule has 0 bridgehead atoms. The van der Waals surface area contributed by atoms with Crippen LogP contribution in [0.4, 0.5) is 5.69 Å². The van der Waals surface area contributed by atoms with Gasteiger partial charge >= 0.3 is 0 Å². The number of amides is 1. The lowest BCUT2D eigenvalue weighted by atomic mass is 10.1. The maximum Gasteiger partial charge on any atom is 0.254 e. The third-order valence-corrected chi connectivity index (χ3v) is 8.02. The van der Waals surface area contributed by atoms with E-state index in [1.807, 2.05) is 13.8 Å². The molecule has 2 saturated heterocycles. The van der Waals surface area contributed by atoms with Crippen molar-refractivity contribution in [2.24, 2.45) is 0 Å². The zero-order valence-corrected chi connectivity index (χ0v) is 18.7. The van der Waals surface area contributed by atoms with Crippen LogP contribution in [0.3, 0.4) is 0 Å². The van der Waals surface area contributed by atoms with Crippen molar-refractivity contribution in [2.45, 2.75) is 52.0 Å². The number of aromatic amines is 1. The van der Waals surface area contributed by atoms with Gasteiger partial charge in [-0.15, -0.1) is 0 Å². The molecule has 1 aromatic heterocycles. The number of likely N-dealkylation sites (tertiary alicyclic amines) is 1. The van der Waals surface area contributed by atoms with Crippen LogP contribution in [-0.4, -0.2) is 48.0 Å². The largest absolute Gasteiger partial charge is 0.328 e. The quantitative estimate of drug-likeness (QED) is 0.781. The number of H-pyrrole nitrogens is 1. The lowest BCUT2D eigenvalue weighted by Crippen LogP contribution is -2.38. The zero-order chi connectivity index (χ0) is 22.2. The summed E-state index contributed by atoms with van der Waals surface area (Å²) in [4.78, 5) is 35.0. The Morgan fingerprint density at radius 2 is 2.03 bits per heavy atom. The average Bonchev–Trinajstić information content (AvgIpc) is 3.22. The Labute approximate surface area is 182 Å². The van der Waals surface area contributed by atoms with Gasteiger partial charge in [-0.3, -0.25) is 13.9 Å². The van der Waals surface area contributed by atoms with Gasteiger partial charge in [0.05, 0.1) is 17.5 Å². The average molecular weight is 445 g/mol. The second kappa shape index (κ2) is 8.45. The first-order chi connectivity index (χ1) is 14.8. The molecule has 1 amide bonds. The van der Waals surface area contributed by atoms with Crippen molar-refractivity contribution < 1.29 is 13.2 Å². The van der Waals surface area contributed by atoms with Crippen molar-refractivity contribution in [2.75, 3.05) is 23.1 Å². The SMILES string of the molecule is CCc1c(C)nc([C@@H]2CCCN2C(=O)c2cccc(N3CCCCS3(=O)=O)c2)[nH]c1=O. The minimum Gasteiger partial charge on any atom is -0.328 e. The molecule has 0 radical (unpaired) electrons. The smallest absolute Gasteiger partial charge is 0.254 e. The Morgan fingerprint density at radius 3 is 2.74 bits per heavy atom. The van der Waals surface area contributed by atoms with Crippen molar-refractivity contribution in [3.63, 3.8) is 0 Å². The summed E-state index contributed by atoms with van der Waals surface area (Å²) in [6.45, 7) is 4.73. The van der Waals surface area contributed by atoms with Gasteiger partial charge < -0.3 is 9.88 Å². The van der Waals surface area contributed by atoms with E-state index in [2.05, 4.69) is 9.97 Å². The van der Waals surface area contributed by atoms with E-state index in [1.54, 1.807) is 29.2 Å². The molecule has 0 saturated carbocycles. The third-order valence-electron chi connectivity index (χ3n) is 6.15. The van der Waals surface area contributed by atoms with Gasteiger partial charge in [-0.05, 0) is 57.2 Å². The van der Waals surface area contributed by atoms with Crippen molar-refractivity contribution in [3.8, 4) is 0 Å². The van der Waals surface area contributed by atoms with Crippen molar-refractivity contribution in [3.05, 3.63) is 57.3 Å².